The molecular weight excluding hydrogens is 246 g/mol. The topological polar surface area (TPSA) is 49.3 Å². The molecule has 0 aromatic carbocycles. The molecule has 18 heavy (non-hydrogen) atoms. The van der Waals surface area contributed by atoms with Crippen molar-refractivity contribution in [2.24, 2.45) is 0 Å². The second-order valence-corrected chi connectivity index (χ2v) is 5.30. The van der Waals surface area contributed by atoms with Gasteiger partial charge in [0.25, 0.3) is 5.91 Å². The van der Waals surface area contributed by atoms with Crippen LogP contribution in [0.2, 0.25) is 0 Å². The first-order chi connectivity index (χ1) is 8.58. The van der Waals surface area contributed by atoms with Crippen LogP contribution in [0.15, 0.2) is 6.07 Å². The summed E-state index contributed by atoms with van der Waals surface area (Å²) in [6, 6.07) is 2.04. The van der Waals surface area contributed by atoms with Crippen molar-refractivity contribution in [3.05, 3.63) is 21.4 Å². The molecule has 1 unspecified atom stereocenters. The molecular formula is C14H19NO2S. The Morgan fingerprint density at radius 1 is 1.61 bits per heavy atom. The maximum atomic E-state index is 12.0. The van der Waals surface area contributed by atoms with Crippen LogP contribution in [0.3, 0.4) is 0 Å². The summed E-state index contributed by atoms with van der Waals surface area (Å²) < 4.78 is 0. The highest BCUT2D eigenvalue weighted by Gasteiger charge is 2.13. The van der Waals surface area contributed by atoms with E-state index in [0.29, 0.717) is 4.88 Å². The molecule has 0 fully saturated rings. The number of amides is 1. The molecule has 0 saturated heterocycles. The van der Waals surface area contributed by atoms with Crippen molar-refractivity contribution in [3.63, 3.8) is 0 Å². The third-order valence-corrected chi connectivity index (χ3v) is 3.67. The first-order valence-electron chi connectivity index (χ1n) is 6.09. The normalized spacial score (nSPS) is 11.6. The monoisotopic (exact) mass is 265 g/mol. The van der Waals surface area contributed by atoms with E-state index < -0.39 is 0 Å². The summed E-state index contributed by atoms with van der Waals surface area (Å²) >= 11 is 1.37. The molecule has 0 radical (unpaired) electrons. The van der Waals surface area contributed by atoms with Gasteiger partial charge in [0.15, 0.2) is 0 Å². The molecule has 1 atom stereocenters. The van der Waals surface area contributed by atoms with E-state index in [2.05, 4.69) is 24.1 Å². The van der Waals surface area contributed by atoms with Crippen LogP contribution in [0.1, 0.15) is 46.8 Å². The highest BCUT2D eigenvalue weighted by atomic mass is 32.1. The fourth-order valence-corrected chi connectivity index (χ4v) is 2.59. The summed E-state index contributed by atoms with van der Waals surface area (Å²) in [5.74, 6) is 5.42. The first kappa shape index (κ1) is 14.7. The van der Waals surface area contributed by atoms with Crippen LogP contribution >= 0.6 is 11.3 Å². The molecule has 1 aromatic heterocycles. The number of aliphatic hydroxyl groups excluding tert-OH is 1. The van der Waals surface area contributed by atoms with Gasteiger partial charge in [-0.25, -0.2) is 0 Å². The number of hydrogen-bond donors (Lipinski definition) is 2. The molecule has 1 aromatic rings. The standard InChI is InChI=1S/C14H19NO2S/c1-4-6-11(3)15-14(17)13-9-10(2)12(18-13)7-5-8-16/h9,11,16H,4,6,8H2,1-3H3,(H,15,17). The lowest BCUT2D eigenvalue weighted by Gasteiger charge is -2.11. The number of carbonyl (C=O) groups is 1. The lowest BCUT2D eigenvalue weighted by Crippen LogP contribution is -2.31. The van der Waals surface area contributed by atoms with Gasteiger partial charge in [-0.3, -0.25) is 4.79 Å². The van der Waals surface area contributed by atoms with E-state index in [0.717, 1.165) is 23.3 Å². The summed E-state index contributed by atoms with van der Waals surface area (Å²) in [6.45, 7) is 5.87. The largest absolute Gasteiger partial charge is 0.384 e. The van der Waals surface area contributed by atoms with Gasteiger partial charge in [0.05, 0.1) is 9.75 Å². The van der Waals surface area contributed by atoms with E-state index in [1.807, 2.05) is 19.9 Å². The second kappa shape index (κ2) is 7.20. The third-order valence-electron chi connectivity index (χ3n) is 2.52. The van der Waals surface area contributed by atoms with Crippen molar-refractivity contribution < 1.29 is 9.90 Å². The van der Waals surface area contributed by atoms with Crippen LogP contribution < -0.4 is 5.32 Å². The highest BCUT2D eigenvalue weighted by Crippen LogP contribution is 2.21. The number of thiophene rings is 1. The highest BCUT2D eigenvalue weighted by molar-refractivity contribution is 7.14. The minimum absolute atomic E-state index is 0.0406. The Kier molecular flexibility index (Phi) is 5.90. The molecule has 0 saturated carbocycles. The van der Waals surface area contributed by atoms with Crippen molar-refractivity contribution in [1.29, 1.82) is 0 Å². The van der Waals surface area contributed by atoms with E-state index in [9.17, 15) is 4.79 Å². The van der Waals surface area contributed by atoms with E-state index in [4.69, 9.17) is 5.11 Å². The van der Waals surface area contributed by atoms with E-state index in [1.54, 1.807) is 0 Å². The molecule has 2 N–H and O–H groups in total. The molecule has 0 aliphatic rings. The van der Waals surface area contributed by atoms with Gasteiger partial charge < -0.3 is 10.4 Å². The predicted octanol–water partition coefficient (Wildman–Crippen LogP) is 2.32. The maximum Gasteiger partial charge on any atom is 0.261 e. The quantitative estimate of drug-likeness (QED) is 0.821. The SMILES string of the molecule is CCCC(C)NC(=O)c1cc(C)c(C#CCO)s1. The van der Waals surface area contributed by atoms with Crippen LogP contribution in [-0.4, -0.2) is 23.7 Å². The van der Waals surface area contributed by atoms with E-state index >= 15 is 0 Å². The Balaban J connectivity index is 2.75. The van der Waals surface area contributed by atoms with Crippen molar-refractivity contribution in [2.45, 2.75) is 39.7 Å². The Labute approximate surface area is 112 Å². The Hall–Kier alpha value is -1.31. The number of rotatable bonds is 4. The molecule has 0 aliphatic heterocycles. The lowest BCUT2D eigenvalue weighted by molar-refractivity contribution is 0.0942. The molecule has 4 heteroatoms. The van der Waals surface area contributed by atoms with Gasteiger partial charge >= 0.3 is 0 Å². The van der Waals surface area contributed by atoms with Gasteiger partial charge in [0.2, 0.25) is 0 Å². The summed E-state index contributed by atoms with van der Waals surface area (Å²) in [5, 5.41) is 11.6. The number of aliphatic hydroxyl groups is 1. The zero-order valence-electron chi connectivity index (χ0n) is 11.0. The molecule has 0 bridgehead atoms. The zero-order chi connectivity index (χ0) is 13.5. The Morgan fingerprint density at radius 2 is 2.33 bits per heavy atom. The third kappa shape index (κ3) is 4.17. The van der Waals surface area contributed by atoms with Gasteiger partial charge in [-0.15, -0.1) is 11.3 Å². The first-order valence-corrected chi connectivity index (χ1v) is 6.91. The number of nitrogens with one attached hydrogen (secondary N) is 1. The zero-order valence-corrected chi connectivity index (χ0v) is 11.9. The molecule has 0 aliphatic carbocycles. The summed E-state index contributed by atoms with van der Waals surface area (Å²) in [7, 11) is 0. The van der Waals surface area contributed by atoms with Gasteiger partial charge in [-0.1, -0.05) is 25.2 Å². The van der Waals surface area contributed by atoms with Gasteiger partial charge in [0.1, 0.15) is 6.61 Å². The minimum atomic E-state index is -0.160. The molecule has 0 spiro atoms. The molecule has 1 heterocycles. The number of hydrogen-bond acceptors (Lipinski definition) is 3. The van der Waals surface area contributed by atoms with Gasteiger partial charge in [-0.2, -0.15) is 0 Å². The van der Waals surface area contributed by atoms with Gasteiger partial charge in [-0.05, 0) is 31.9 Å². The van der Waals surface area contributed by atoms with Crippen LogP contribution in [0, 0.1) is 18.8 Å². The smallest absolute Gasteiger partial charge is 0.261 e. The molecule has 1 rings (SSSR count). The molecule has 3 nitrogen and oxygen atoms in total. The number of aryl methyl sites for hydroxylation is 1. The van der Waals surface area contributed by atoms with Crippen LogP contribution in [-0.2, 0) is 0 Å². The fourth-order valence-electron chi connectivity index (χ4n) is 1.64. The van der Waals surface area contributed by atoms with Crippen molar-refractivity contribution in [3.8, 4) is 11.8 Å². The predicted molar refractivity (Wildman–Crippen MR) is 74.9 cm³/mol. The summed E-state index contributed by atoms with van der Waals surface area (Å²) in [6.07, 6.45) is 2.03. The van der Waals surface area contributed by atoms with Crippen LogP contribution in [0.25, 0.3) is 0 Å². The summed E-state index contributed by atoms with van der Waals surface area (Å²) in [4.78, 5) is 13.5. The average molecular weight is 265 g/mol. The van der Waals surface area contributed by atoms with E-state index in [-0.39, 0.29) is 18.6 Å². The van der Waals surface area contributed by atoms with Gasteiger partial charge in [0, 0.05) is 6.04 Å². The molecule has 1 amide bonds. The lowest BCUT2D eigenvalue weighted by atomic mass is 10.2. The minimum Gasteiger partial charge on any atom is -0.384 e. The average Bonchev–Trinajstić information content (AvgIpc) is 2.68. The second-order valence-electron chi connectivity index (χ2n) is 4.25. The maximum absolute atomic E-state index is 12.0. The summed E-state index contributed by atoms with van der Waals surface area (Å²) in [5.41, 5.74) is 0.981. The van der Waals surface area contributed by atoms with Crippen LogP contribution in [0.4, 0.5) is 0 Å². The Bertz CT molecular complexity index is 468. The van der Waals surface area contributed by atoms with E-state index in [1.165, 1.54) is 11.3 Å². The van der Waals surface area contributed by atoms with Crippen molar-refractivity contribution in [1.82, 2.24) is 5.32 Å². The molecule has 98 valence electrons. The Morgan fingerprint density at radius 3 is 2.94 bits per heavy atom. The van der Waals surface area contributed by atoms with Crippen LogP contribution in [0.5, 0.6) is 0 Å². The number of carbonyl (C=O) groups excluding carboxylic acids is 1. The van der Waals surface area contributed by atoms with Crippen molar-refractivity contribution in [2.75, 3.05) is 6.61 Å². The fraction of sp³-hybridized carbons (Fsp3) is 0.500. The van der Waals surface area contributed by atoms with Crippen molar-refractivity contribution >= 4 is 17.2 Å².